The molecule has 3 aromatic heterocycles. The second kappa shape index (κ2) is 6.37. The van der Waals surface area contributed by atoms with Gasteiger partial charge in [-0.05, 0) is 35.7 Å². The molecule has 0 radical (unpaired) electrons. The third kappa shape index (κ3) is 3.38. The second-order valence-electron chi connectivity index (χ2n) is 4.57. The zero-order valence-corrected chi connectivity index (χ0v) is 12.1. The number of nitrogens with zero attached hydrogens (tertiary/aromatic N) is 2. The van der Waals surface area contributed by atoms with E-state index in [1.807, 2.05) is 47.2 Å². The molecule has 0 saturated carbocycles. The van der Waals surface area contributed by atoms with Crippen LogP contribution in [0.3, 0.4) is 0 Å². The summed E-state index contributed by atoms with van der Waals surface area (Å²) in [7, 11) is 0. The Labute approximate surface area is 126 Å². The van der Waals surface area contributed by atoms with Gasteiger partial charge in [-0.3, -0.25) is 9.78 Å². The van der Waals surface area contributed by atoms with Crippen LogP contribution in [-0.4, -0.2) is 15.8 Å². The molecule has 0 aliphatic carbocycles. The van der Waals surface area contributed by atoms with Crippen LogP contribution in [0.1, 0.15) is 21.8 Å². The molecule has 0 saturated heterocycles. The average molecular weight is 298 g/mol. The first kappa shape index (κ1) is 13.6. The molecule has 0 aliphatic rings. The highest BCUT2D eigenvalue weighted by Gasteiger charge is 2.18. The van der Waals surface area contributed by atoms with Gasteiger partial charge in [-0.1, -0.05) is 6.07 Å². The number of pyridine rings is 1. The topological polar surface area (TPSA) is 46.3 Å². The van der Waals surface area contributed by atoms with Crippen LogP contribution in [-0.2, 0) is 13.1 Å². The van der Waals surface area contributed by atoms with Crippen LogP contribution in [0.2, 0.25) is 0 Å². The van der Waals surface area contributed by atoms with Gasteiger partial charge in [0, 0.05) is 11.6 Å². The quantitative estimate of drug-likeness (QED) is 0.723. The number of thiophene rings is 1. The van der Waals surface area contributed by atoms with Crippen LogP contribution in [0, 0.1) is 0 Å². The lowest BCUT2D eigenvalue weighted by molar-refractivity contribution is 0.0716. The Kier molecular flexibility index (Phi) is 4.12. The fraction of sp³-hybridized carbons (Fsp3) is 0.125. The zero-order chi connectivity index (χ0) is 14.5. The third-order valence-corrected chi connectivity index (χ3v) is 3.74. The van der Waals surface area contributed by atoms with Crippen molar-refractivity contribution in [2.75, 3.05) is 0 Å². The van der Waals surface area contributed by atoms with Gasteiger partial charge in [0.15, 0.2) is 0 Å². The van der Waals surface area contributed by atoms with Crippen LogP contribution < -0.4 is 0 Å². The number of carbonyl (C=O) groups is 1. The van der Waals surface area contributed by atoms with Gasteiger partial charge in [-0.25, -0.2) is 0 Å². The number of hydrogen-bond donors (Lipinski definition) is 0. The summed E-state index contributed by atoms with van der Waals surface area (Å²) in [6.07, 6.45) is 3.35. The van der Waals surface area contributed by atoms with E-state index in [1.54, 1.807) is 17.4 Å². The Bertz CT molecular complexity index is 678. The van der Waals surface area contributed by atoms with Crippen molar-refractivity contribution in [1.29, 1.82) is 0 Å². The van der Waals surface area contributed by atoms with Crippen molar-refractivity contribution in [2.24, 2.45) is 0 Å². The van der Waals surface area contributed by atoms with Crippen LogP contribution >= 0.6 is 11.3 Å². The summed E-state index contributed by atoms with van der Waals surface area (Å²) in [5.74, 6) is 0.743. The molecule has 4 nitrogen and oxygen atoms in total. The molecule has 0 spiro atoms. The number of rotatable bonds is 5. The molecule has 21 heavy (non-hydrogen) atoms. The summed E-state index contributed by atoms with van der Waals surface area (Å²) < 4.78 is 5.36. The van der Waals surface area contributed by atoms with Gasteiger partial charge in [0.05, 0.1) is 30.6 Å². The summed E-state index contributed by atoms with van der Waals surface area (Å²) in [5.41, 5.74) is 1.55. The van der Waals surface area contributed by atoms with Gasteiger partial charge in [0.25, 0.3) is 5.91 Å². The fourth-order valence-corrected chi connectivity index (χ4v) is 2.68. The maximum absolute atomic E-state index is 12.6. The molecule has 106 valence electrons. The van der Waals surface area contributed by atoms with E-state index in [1.165, 1.54) is 11.3 Å². The maximum atomic E-state index is 12.6. The van der Waals surface area contributed by atoms with E-state index in [-0.39, 0.29) is 5.91 Å². The SMILES string of the molecule is O=C(c1ccsc1)N(Cc1ccccn1)Cc1ccco1. The summed E-state index contributed by atoms with van der Waals surface area (Å²) in [6.45, 7) is 0.883. The summed E-state index contributed by atoms with van der Waals surface area (Å²) in [5, 5.41) is 3.76. The van der Waals surface area contributed by atoms with E-state index in [2.05, 4.69) is 4.98 Å². The van der Waals surface area contributed by atoms with Gasteiger partial charge in [-0.15, -0.1) is 0 Å². The minimum atomic E-state index is -0.0155. The van der Waals surface area contributed by atoms with E-state index in [4.69, 9.17) is 4.42 Å². The first-order chi connectivity index (χ1) is 10.3. The molecule has 0 atom stereocenters. The smallest absolute Gasteiger partial charge is 0.255 e. The molecule has 0 N–H and O–H groups in total. The van der Waals surface area contributed by atoms with Crippen molar-refractivity contribution in [2.45, 2.75) is 13.1 Å². The van der Waals surface area contributed by atoms with Crippen LogP contribution in [0.15, 0.2) is 64.0 Å². The number of carbonyl (C=O) groups excluding carboxylic acids is 1. The largest absolute Gasteiger partial charge is 0.467 e. The minimum absolute atomic E-state index is 0.0155. The number of furan rings is 1. The van der Waals surface area contributed by atoms with Crippen molar-refractivity contribution in [3.8, 4) is 0 Å². The first-order valence-electron chi connectivity index (χ1n) is 6.57. The van der Waals surface area contributed by atoms with Crippen LogP contribution in [0.4, 0.5) is 0 Å². The second-order valence-corrected chi connectivity index (χ2v) is 5.35. The molecule has 0 aliphatic heterocycles. The normalized spacial score (nSPS) is 10.5. The molecule has 3 heterocycles. The Hall–Kier alpha value is -2.40. The number of aromatic nitrogens is 1. The molecular formula is C16H14N2O2S. The number of amides is 1. The Balaban J connectivity index is 1.82. The molecule has 0 fully saturated rings. The van der Waals surface area contributed by atoms with Gasteiger partial charge in [-0.2, -0.15) is 11.3 Å². The van der Waals surface area contributed by atoms with Crippen LogP contribution in [0.25, 0.3) is 0 Å². The monoisotopic (exact) mass is 298 g/mol. The van der Waals surface area contributed by atoms with Crippen molar-refractivity contribution >= 4 is 17.2 Å². The molecule has 5 heteroatoms. The van der Waals surface area contributed by atoms with E-state index in [0.717, 1.165) is 11.5 Å². The molecule has 1 amide bonds. The summed E-state index contributed by atoms with van der Waals surface area (Å²) in [6, 6.07) is 11.2. The molecule has 0 unspecified atom stereocenters. The lowest BCUT2D eigenvalue weighted by atomic mass is 10.2. The summed E-state index contributed by atoms with van der Waals surface area (Å²) >= 11 is 1.51. The highest BCUT2D eigenvalue weighted by molar-refractivity contribution is 7.08. The van der Waals surface area contributed by atoms with E-state index in [0.29, 0.717) is 18.7 Å². The molecular weight excluding hydrogens is 284 g/mol. The lowest BCUT2D eigenvalue weighted by Crippen LogP contribution is -2.30. The van der Waals surface area contributed by atoms with Gasteiger partial charge in [0.2, 0.25) is 0 Å². The predicted octanol–water partition coefficient (Wildman–Crippen LogP) is 3.58. The minimum Gasteiger partial charge on any atom is -0.467 e. The Morgan fingerprint density at radius 1 is 1.19 bits per heavy atom. The molecule has 0 bridgehead atoms. The van der Waals surface area contributed by atoms with Gasteiger partial charge >= 0.3 is 0 Å². The lowest BCUT2D eigenvalue weighted by Gasteiger charge is -2.20. The Morgan fingerprint density at radius 3 is 2.81 bits per heavy atom. The standard InChI is InChI=1S/C16H14N2O2S/c19-16(13-6-9-21-12-13)18(11-15-5-3-8-20-15)10-14-4-1-2-7-17-14/h1-9,12H,10-11H2. The van der Waals surface area contributed by atoms with E-state index < -0.39 is 0 Å². The van der Waals surface area contributed by atoms with Crippen molar-refractivity contribution in [1.82, 2.24) is 9.88 Å². The van der Waals surface area contributed by atoms with Gasteiger partial charge in [0.1, 0.15) is 5.76 Å². The van der Waals surface area contributed by atoms with Crippen molar-refractivity contribution in [3.63, 3.8) is 0 Å². The van der Waals surface area contributed by atoms with Gasteiger partial charge < -0.3 is 9.32 Å². The molecule has 3 rings (SSSR count). The number of hydrogen-bond acceptors (Lipinski definition) is 4. The summed E-state index contributed by atoms with van der Waals surface area (Å²) in [4.78, 5) is 18.6. The highest BCUT2D eigenvalue weighted by Crippen LogP contribution is 2.15. The maximum Gasteiger partial charge on any atom is 0.255 e. The molecule has 0 aromatic carbocycles. The fourth-order valence-electron chi connectivity index (χ4n) is 2.05. The van der Waals surface area contributed by atoms with E-state index >= 15 is 0 Å². The highest BCUT2D eigenvalue weighted by atomic mass is 32.1. The van der Waals surface area contributed by atoms with Crippen molar-refractivity contribution in [3.05, 3.63) is 76.6 Å². The van der Waals surface area contributed by atoms with Crippen molar-refractivity contribution < 1.29 is 9.21 Å². The third-order valence-electron chi connectivity index (χ3n) is 3.06. The molecule has 3 aromatic rings. The zero-order valence-electron chi connectivity index (χ0n) is 11.3. The Morgan fingerprint density at radius 2 is 2.14 bits per heavy atom. The first-order valence-corrected chi connectivity index (χ1v) is 7.51. The predicted molar refractivity (Wildman–Crippen MR) is 80.8 cm³/mol. The van der Waals surface area contributed by atoms with Crippen LogP contribution in [0.5, 0.6) is 0 Å². The average Bonchev–Trinajstić information content (AvgIpc) is 3.20. The van der Waals surface area contributed by atoms with E-state index in [9.17, 15) is 4.79 Å².